The van der Waals surface area contributed by atoms with Gasteiger partial charge in [-0.05, 0) is 12.1 Å². The van der Waals surface area contributed by atoms with Crippen molar-refractivity contribution in [3.63, 3.8) is 0 Å². The van der Waals surface area contributed by atoms with Crippen molar-refractivity contribution in [2.24, 2.45) is 0 Å². The van der Waals surface area contributed by atoms with E-state index in [1.165, 1.54) is 0 Å². The van der Waals surface area contributed by atoms with Gasteiger partial charge < -0.3 is 15.3 Å². The van der Waals surface area contributed by atoms with E-state index in [0.29, 0.717) is 0 Å². The van der Waals surface area contributed by atoms with Gasteiger partial charge in [0, 0.05) is 11.6 Å². The van der Waals surface area contributed by atoms with Gasteiger partial charge in [-0.25, -0.2) is 0 Å². The summed E-state index contributed by atoms with van der Waals surface area (Å²) in [5, 5.41) is 44.4. The molecular weight excluding hydrogens is 196 g/mol. The zero-order valence-electron chi connectivity index (χ0n) is 7.47. The summed E-state index contributed by atoms with van der Waals surface area (Å²) in [7, 11) is 0. The first kappa shape index (κ1) is 10.4. The zero-order valence-corrected chi connectivity index (χ0v) is 7.47. The van der Waals surface area contributed by atoms with E-state index in [2.05, 4.69) is 0 Å². The van der Waals surface area contributed by atoms with Crippen molar-refractivity contribution in [1.29, 1.82) is 10.5 Å². The Morgan fingerprint density at radius 3 is 2.07 bits per heavy atom. The predicted molar refractivity (Wildman–Crippen MR) is 50.6 cm³/mol. The number of aromatic hydroxyl groups is 3. The summed E-state index contributed by atoms with van der Waals surface area (Å²) in [6, 6.07) is 5.56. The number of rotatable bonds is 1. The minimum atomic E-state index is -0.659. The van der Waals surface area contributed by atoms with Crippen LogP contribution in [0.4, 0.5) is 0 Å². The molecule has 0 unspecified atom stereocenters. The van der Waals surface area contributed by atoms with E-state index in [-0.39, 0.29) is 11.1 Å². The summed E-state index contributed by atoms with van der Waals surface area (Å²) in [5.74, 6) is -1.76. The third-order valence-electron chi connectivity index (χ3n) is 1.71. The lowest BCUT2D eigenvalue weighted by Crippen LogP contribution is -1.82. The highest BCUT2D eigenvalue weighted by atomic mass is 16.3. The summed E-state index contributed by atoms with van der Waals surface area (Å²) >= 11 is 0. The van der Waals surface area contributed by atoms with E-state index in [4.69, 9.17) is 25.8 Å². The Kier molecular flexibility index (Phi) is 2.80. The Balaban J connectivity index is 3.36. The molecule has 0 saturated heterocycles. The number of benzene rings is 1. The average molecular weight is 202 g/mol. The van der Waals surface area contributed by atoms with Gasteiger partial charge in [-0.2, -0.15) is 10.5 Å². The lowest BCUT2D eigenvalue weighted by Gasteiger charge is -2.03. The molecule has 0 aliphatic carbocycles. The third kappa shape index (κ3) is 1.98. The quantitative estimate of drug-likeness (QED) is 0.468. The number of nitrogens with zero attached hydrogens (tertiary/aromatic N) is 2. The standard InChI is InChI=1S/C10H6N2O3/c11-2-1-6(5-12)7-3-8(13)10(15)9(14)4-7/h1,3-4,13-15H. The molecule has 5 nitrogen and oxygen atoms in total. The van der Waals surface area contributed by atoms with Crippen molar-refractivity contribution in [2.75, 3.05) is 0 Å². The maximum atomic E-state index is 9.16. The van der Waals surface area contributed by atoms with E-state index < -0.39 is 17.2 Å². The molecule has 0 fully saturated rings. The highest BCUT2D eigenvalue weighted by Gasteiger charge is 2.10. The van der Waals surface area contributed by atoms with Crippen LogP contribution in [0.5, 0.6) is 17.2 Å². The van der Waals surface area contributed by atoms with Gasteiger partial charge in [0.2, 0.25) is 0 Å². The molecule has 1 aromatic rings. The molecule has 74 valence electrons. The van der Waals surface area contributed by atoms with E-state index in [0.717, 1.165) is 18.2 Å². The van der Waals surface area contributed by atoms with Gasteiger partial charge in [0.1, 0.15) is 6.07 Å². The first-order valence-corrected chi connectivity index (χ1v) is 3.85. The number of hydrogen-bond donors (Lipinski definition) is 3. The summed E-state index contributed by atoms with van der Waals surface area (Å²) < 4.78 is 0. The van der Waals surface area contributed by atoms with Gasteiger partial charge >= 0.3 is 0 Å². The van der Waals surface area contributed by atoms with E-state index in [9.17, 15) is 0 Å². The Hall–Kier alpha value is -2.66. The molecule has 0 radical (unpaired) electrons. The smallest absolute Gasteiger partial charge is 0.200 e. The van der Waals surface area contributed by atoms with Crippen LogP contribution in [0.15, 0.2) is 18.2 Å². The monoisotopic (exact) mass is 202 g/mol. The van der Waals surface area contributed by atoms with Crippen LogP contribution < -0.4 is 0 Å². The molecule has 0 aliphatic rings. The van der Waals surface area contributed by atoms with Crippen molar-refractivity contribution < 1.29 is 15.3 Å². The average Bonchev–Trinajstić information content (AvgIpc) is 2.22. The van der Waals surface area contributed by atoms with Crippen molar-refractivity contribution in [2.45, 2.75) is 0 Å². The molecule has 0 spiro atoms. The van der Waals surface area contributed by atoms with Crippen molar-refractivity contribution in [3.05, 3.63) is 23.8 Å². The zero-order chi connectivity index (χ0) is 11.4. The van der Waals surface area contributed by atoms with Crippen LogP contribution in [0.1, 0.15) is 5.56 Å². The van der Waals surface area contributed by atoms with Crippen molar-refractivity contribution >= 4 is 5.57 Å². The molecule has 0 saturated carbocycles. The van der Waals surface area contributed by atoms with Gasteiger partial charge in [0.05, 0.1) is 11.6 Å². The SMILES string of the molecule is N#CC=C(C#N)c1cc(O)c(O)c(O)c1. The first-order valence-electron chi connectivity index (χ1n) is 3.85. The maximum Gasteiger partial charge on any atom is 0.200 e. The molecule has 0 amide bonds. The maximum absolute atomic E-state index is 9.16. The second-order valence-electron chi connectivity index (χ2n) is 2.66. The van der Waals surface area contributed by atoms with Crippen LogP contribution in [0, 0.1) is 22.7 Å². The van der Waals surface area contributed by atoms with Gasteiger partial charge in [-0.15, -0.1) is 0 Å². The number of nitriles is 2. The Bertz CT molecular complexity index is 483. The fourth-order valence-corrected chi connectivity index (χ4v) is 1.00. The van der Waals surface area contributed by atoms with Crippen LogP contribution in [0.2, 0.25) is 0 Å². The number of allylic oxidation sites excluding steroid dienone is 2. The van der Waals surface area contributed by atoms with Crippen LogP contribution in [-0.4, -0.2) is 15.3 Å². The fraction of sp³-hybridized carbons (Fsp3) is 0. The van der Waals surface area contributed by atoms with Gasteiger partial charge in [0.25, 0.3) is 0 Å². The Labute approximate surface area is 85.4 Å². The second kappa shape index (κ2) is 4.03. The van der Waals surface area contributed by atoms with Crippen LogP contribution in [0.3, 0.4) is 0 Å². The molecule has 0 heterocycles. The minimum Gasteiger partial charge on any atom is -0.504 e. The van der Waals surface area contributed by atoms with Gasteiger partial charge in [0.15, 0.2) is 17.2 Å². The fourth-order valence-electron chi connectivity index (χ4n) is 1.00. The molecule has 3 N–H and O–H groups in total. The van der Waals surface area contributed by atoms with Gasteiger partial charge in [-0.1, -0.05) is 0 Å². The molecule has 0 atom stereocenters. The molecule has 5 heteroatoms. The van der Waals surface area contributed by atoms with Gasteiger partial charge in [-0.3, -0.25) is 0 Å². The van der Waals surface area contributed by atoms with E-state index >= 15 is 0 Å². The van der Waals surface area contributed by atoms with Crippen LogP contribution >= 0.6 is 0 Å². The minimum absolute atomic E-state index is 0.0110. The molecule has 1 aromatic carbocycles. The summed E-state index contributed by atoms with van der Waals surface area (Å²) in [5.41, 5.74) is 0.148. The number of hydrogen-bond acceptors (Lipinski definition) is 5. The highest BCUT2D eigenvalue weighted by molar-refractivity contribution is 5.80. The predicted octanol–water partition coefficient (Wildman–Crippen LogP) is 1.23. The van der Waals surface area contributed by atoms with E-state index in [1.807, 2.05) is 0 Å². The lowest BCUT2D eigenvalue weighted by atomic mass is 10.1. The molecular formula is C10H6N2O3. The Morgan fingerprint density at radius 1 is 1.13 bits per heavy atom. The van der Waals surface area contributed by atoms with Crippen molar-refractivity contribution in [3.8, 4) is 29.4 Å². The third-order valence-corrected chi connectivity index (χ3v) is 1.71. The Morgan fingerprint density at radius 2 is 1.67 bits per heavy atom. The first-order chi connectivity index (χ1) is 7.10. The highest BCUT2D eigenvalue weighted by Crippen LogP contribution is 2.37. The molecule has 0 bridgehead atoms. The molecule has 0 aromatic heterocycles. The lowest BCUT2D eigenvalue weighted by molar-refractivity contribution is 0.368. The summed E-state index contributed by atoms with van der Waals surface area (Å²) in [4.78, 5) is 0. The van der Waals surface area contributed by atoms with Crippen molar-refractivity contribution in [1.82, 2.24) is 0 Å². The van der Waals surface area contributed by atoms with Crippen LogP contribution in [-0.2, 0) is 0 Å². The molecule has 1 rings (SSSR count). The molecule has 0 aliphatic heterocycles. The van der Waals surface area contributed by atoms with Crippen LogP contribution in [0.25, 0.3) is 5.57 Å². The number of phenolic OH excluding ortho intramolecular Hbond substituents is 3. The molecule has 15 heavy (non-hydrogen) atoms. The van der Waals surface area contributed by atoms with E-state index in [1.54, 1.807) is 12.1 Å². The second-order valence-corrected chi connectivity index (χ2v) is 2.66. The largest absolute Gasteiger partial charge is 0.504 e. The summed E-state index contributed by atoms with van der Waals surface area (Å²) in [6.45, 7) is 0. The summed E-state index contributed by atoms with van der Waals surface area (Å²) in [6.07, 6.45) is 0.977. The topological polar surface area (TPSA) is 108 Å². The number of phenols is 3. The normalized spacial score (nSPS) is 10.4.